The van der Waals surface area contributed by atoms with Crippen LogP contribution in [0.5, 0.6) is 0 Å². The van der Waals surface area contributed by atoms with Crippen molar-refractivity contribution in [3.8, 4) is 0 Å². The molecule has 0 radical (unpaired) electrons. The number of aryl methyl sites for hydroxylation is 1. The summed E-state index contributed by atoms with van der Waals surface area (Å²) in [6, 6.07) is 19.3. The Labute approximate surface area is 158 Å². The van der Waals surface area contributed by atoms with Gasteiger partial charge in [0, 0.05) is 25.7 Å². The summed E-state index contributed by atoms with van der Waals surface area (Å²) < 4.78 is -0.0997. The van der Waals surface area contributed by atoms with Gasteiger partial charge in [-0.25, -0.2) is 0 Å². The van der Waals surface area contributed by atoms with E-state index in [9.17, 15) is 4.79 Å². The molecule has 1 nitrogen and oxygen atoms in total. The van der Waals surface area contributed by atoms with Crippen molar-refractivity contribution in [1.82, 2.24) is 0 Å². The van der Waals surface area contributed by atoms with Crippen LogP contribution in [0.25, 0.3) is 4.91 Å². The van der Waals surface area contributed by atoms with Gasteiger partial charge in [0.1, 0.15) is 6.29 Å². The first-order chi connectivity index (χ1) is 12.1. The van der Waals surface area contributed by atoms with Gasteiger partial charge in [0.2, 0.25) is 0 Å². The van der Waals surface area contributed by atoms with Gasteiger partial charge in [0.05, 0.1) is 0 Å². The zero-order valence-electron chi connectivity index (χ0n) is 14.6. The number of hydrogen-bond acceptors (Lipinski definition) is 3. The molecule has 2 aromatic carbocycles. The normalized spacial score (nSPS) is 24.4. The minimum Gasteiger partial charge on any atom is -0.303 e. The van der Waals surface area contributed by atoms with E-state index in [1.807, 2.05) is 29.6 Å². The highest BCUT2D eigenvalue weighted by atomic mass is 32.2. The van der Waals surface area contributed by atoms with Gasteiger partial charge in [-0.05, 0) is 55.5 Å². The van der Waals surface area contributed by atoms with E-state index in [0.717, 1.165) is 12.8 Å². The lowest BCUT2D eigenvalue weighted by molar-refractivity contribution is -0.111. The maximum atomic E-state index is 12.0. The van der Waals surface area contributed by atoms with Gasteiger partial charge in [0.25, 0.3) is 0 Å². The van der Waals surface area contributed by atoms with Crippen molar-refractivity contribution in [3.05, 3.63) is 71.3 Å². The summed E-state index contributed by atoms with van der Waals surface area (Å²) in [5, 5.41) is 0.222. The molecule has 0 saturated carbocycles. The Balaban J connectivity index is 1.82. The predicted octanol–water partition coefficient (Wildman–Crippen LogP) is 5.85. The number of benzene rings is 2. The first-order valence-corrected chi connectivity index (χ1v) is 10.5. The Kier molecular flexibility index (Phi) is 4.55. The molecule has 0 fully saturated rings. The van der Waals surface area contributed by atoms with Crippen molar-refractivity contribution in [1.29, 1.82) is 0 Å². The number of rotatable bonds is 3. The quantitative estimate of drug-likeness (QED) is 0.635. The molecule has 0 saturated heterocycles. The Hall–Kier alpha value is -1.45. The van der Waals surface area contributed by atoms with Gasteiger partial charge in [0.15, 0.2) is 0 Å². The molecule has 0 bridgehead atoms. The van der Waals surface area contributed by atoms with Crippen LogP contribution in [0.2, 0.25) is 0 Å². The standard InChI is InChI=1S/C22H22OS2/c1-22(2)19(14-23)21(24-16-9-4-3-5-10-16)18-13-12-15-8-6-7-11-17(15)20(18)25-22/h3-11,14,19,21H,12-13H2,1-2H3. The van der Waals surface area contributed by atoms with Crippen molar-refractivity contribution in [3.63, 3.8) is 0 Å². The molecule has 1 heterocycles. The smallest absolute Gasteiger partial charge is 0.125 e. The molecule has 0 amide bonds. The van der Waals surface area contributed by atoms with Crippen LogP contribution < -0.4 is 0 Å². The van der Waals surface area contributed by atoms with Crippen molar-refractivity contribution in [2.45, 2.75) is 41.6 Å². The van der Waals surface area contributed by atoms with E-state index in [1.165, 1.54) is 32.8 Å². The van der Waals surface area contributed by atoms with Gasteiger partial charge >= 0.3 is 0 Å². The monoisotopic (exact) mass is 366 g/mol. The Morgan fingerprint density at radius 3 is 2.52 bits per heavy atom. The van der Waals surface area contributed by atoms with Crippen LogP contribution in [0.15, 0.2) is 65.1 Å². The van der Waals surface area contributed by atoms with Crippen LogP contribution in [0.1, 0.15) is 31.4 Å². The van der Waals surface area contributed by atoms with Crippen LogP contribution in [-0.4, -0.2) is 16.3 Å². The molecule has 4 rings (SSSR count). The predicted molar refractivity (Wildman–Crippen MR) is 109 cm³/mol. The summed E-state index contributed by atoms with van der Waals surface area (Å²) in [5.41, 5.74) is 4.29. The zero-order valence-corrected chi connectivity index (χ0v) is 16.2. The molecule has 1 aliphatic heterocycles. The van der Waals surface area contributed by atoms with E-state index < -0.39 is 0 Å². The topological polar surface area (TPSA) is 17.1 Å². The fraction of sp³-hybridized carbons (Fsp3) is 0.318. The van der Waals surface area contributed by atoms with Crippen LogP contribution >= 0.6 is 23.5 Å². The molecule has 0 N–H and O–H groups in total. The lowest BCUT2D eigenvalue weighted by Crippen LogP contribution is -2.41. The largest absolute Gasteiger partial charge is 0.303 e. The van der Waals surface area contributed by atoms with E-state index >= 15 is 0 Å². The first-order valence-electron chi connectivity index (χ1n) is 8.77. The maximum absolute atomic E-state index is 12.0. The van der Waals surface area contributed by atoms with Gasteiger partial charge in [-0.2, -0.15) is 0 Å². The van der Waals surface area contributed by atoms with Gasteiger partial charge in [-0.3, -0.25) is 0 Å². The summed E-state index contributed by atoms with van der Waals surface area (Å²) in [4.78, 5) is 14.7. The van der Waals surface area contributed by atoms with E-state index in [4.69, 9.17) is 0 Å². The summed E-state index contributed by atoms with van der Waals surface area (Å²) in [6.07, 6.45) is 3.33. The zero-order chi connectivity index (χ0) is 17.4. The third kappa shape index (κ3) is 3.09. The first kappa shape index (κ1) is 17.0. The second-order valence-corrected chi connectivity index (χ2v) is 10.1. The molecule has 1 aliphatic carbocycles. The number of carbonyl (C=O) groups excluding carboxylic acids is 1. The molecular weight excluding hydrogens is 344 g/mol. The molecule has 0 spiro atoms. The minimum atomic E-state index is -0.0997. The number of fused-ring (bicyclic) bond motifs is 2. The molecule has 2 aliphatic rings. The summed E-state index contributed by atoms with van der Waals surface area (Å²) >= 11 is 3.75. The molecular formula is C22H22OS2. The summed E-state index contributed by atoms with van der Waals surface area (Å²) in [6.45, 7) is 4.44. The summed E-state index contributed by atoms with van der Waals surface area (Å²) in [5.74, 6) is 0.0201. The molecule has 25 heavy (non-hydrogen) atoms. The van der Waals surface area contributed by atoms with Gasteiger partial charge in [-0.1, -0.05) is 42.5 Å². The third-order valence-electron chi connectivity index (χ3n) is 5.21. The number of thioether (sulfide) groups is 2. The van der Waals surface area contributed by atoms with Crippen molar-refractivity contribution < 1.29 is 4.79 Å². The fourth-order valence-corrected chi connectivity index (χ4v) is 7.07. The second kappa shape index (κ2) is 6.69. The molecule has 3 heteroatoms. The molecule has 128 valence electrons. The Morgan fingerprint density at radius 2 is 1.76 bits per heavy atom. The Morgan fingerprint density at radius 1 is 1.04 bits per heavy atom. The highest BCUT2D eigenvalue weighted by Gasteiger charge is 2.45. The average molecular weight is 367 g/mol. The van der Waals surface area contributed by atoms with Gasteiger partial charge in [-0.15, -0.1) is 23.5 Å². The van der Waals surface area contributed by atoms with E-state index in [2.05, 4.69) is 62.4 Å². The highest BCUT2D eigenvalue weighted by molar-refractivity contribution is 8.10. The van der Waals surface area contributed by atoms with Crippen LogP contribution in [-0.2, 0) is 11.2 Å². The highest BCUT2D eigenvalue weighted by Crippen LogP contribution is 2.57. The SMILES string of the molecule is CC1(C)SC2=C(CCc3ccccc32)C(Sc2ccccc2)C1C=O. The van der Waals surface area contributed by atoms with Crippen molar-refractivity contribution >= 4 is 34.7 Å². The van der Waals surface area contributed by atoms with Crippen molar-refractivity contribution in [2.24, 2.45) is 5.92 Å². The second-order valence-electron chi connectivity index (χ2n) is 7.23. The lowest BCUT2D eigenvalue weighted by Gasteiger charge is -2.44. The van der Waals surface area contributed by atoms with Crippen LogP contribution in [0.3, 0.4) is 0 Å². The summed E-state index contributed by atoms with van der Waals surface area (Å²) in [7, 11) is 0. The van der Waals surface area contributed by atoms with E-state index in [0.29, 0.717) is 0 Å². The van der Waals surface area contributed by atoms with E-state index in [-0.39, 0.29) is 15.9 Å². The van der Waals surface area contributed by atoms with Gasteiger partial charge < -0.3 is 4.79 Å². The third-order valence-corrected chi connectivity index (χ3v) is 8.07. The number of carbonyl (C=O) groups is 1. The number of hydrogen-bond donors (Lipinski definition) is 0. The van der Waals surface area contributed by atoms with Crippen molar-refractivity contribution in [2.75, 3.05) is 0 Å². The lowest BCUT2D eigenvalue weighted by atomic mass is 9.82. The molecule has 2 aromatic rings. The molecule has 0 aromatic heterocycles. The Bertz CT molecular complexity index is 823. The maximum Gasteiger partial charge on any atom is 0.125 e. The van der Waals surface area contributed by atoms with Crippen LogP contribution in [0, 0.1) is 5.92 Å². The average Bonchev–Trinajstić information content (AvgIpc) is 2.62. The molecule has 2 unspecified atom stereocenters. The fourth-order valence-electron chi connectivity index (χ4n) is 3.85. The molecule has 2 atom stereocenters. The van der Waals surface area contributed by atoms with Crippen LogP contribution in [0.4, 0.5) is 0 Å². The van der Waals surface area contributed by atoms with E-state index in [1.54, 1.807) is 0 Å². The number of aldehydes is 1. The minimum absolute atomic E-state index is 0.0201.